The van der Waals surface area contributed by atoms with E-state index in [4.69, 9.17) is 11.6 Å². The van der Waals surface area contributed by atoms with E-state index >= 15 is 0 Å². The zero-order valence-corrected chi connectivity index (χ0v) is 15.8. The fraction of sp³-hybridized carbons (Fsp3) is 0.684. The Labute approximate surface area is 158 Å². The lowest BCUT2D eigenvalue weighted by molar-refractivity contribution is -0.384. The number of anilines is 1. The molecule has 1 aromatic carbocycles. The molecule has 2 bridgehead atoms. The van der Waals surface area contributed by atoms with Crippen molar-refractivity contribution in [1.29, 1.82) is 0 Å². The maximum Gasteiger partial charge on any atom is 0.292 e. The Morgan fingerprint density at radius 1 is 1.46 bits per heavy atom. The predicted molar refractivity (Wildman–Crippen MR) is 102 cm³/mol. The average Bonchev–Trinajstić information content (AvgIpc) is 2.64. The van der Waals surface area contributed by atoms with Crippen molar-refractivity contribution in [1.82, 2.24) is 4.90 Å². The zero-order chi connectivity index (χ0) is 18.5. The number of nitrogens with zero attached hydrogens (tertiary/aromatic N) is 2. The monoisotopic (exact) mass is 379 g/mol. The lowest BCUT2D eigenvalue weighted by Gasteiger charge is -2.58. The first kappa shape index (κ1) is 18.0. The van der Waals surface area contributed by atoms with Crippen LogP contribution in [-0.2, 0) is 11.8 Å². The molecule has 26 heavy (non-hydrogen) atoms. The van der Waals surface area contributed by atoms with E-state index in [9.17, 15) is 15.2 Å². The third-order valence-electron chi connectivity index (χ3n) is 6.89. The van der Waals surface area contributed by atoms with E-state index in [1.807, 2.05) is 6.07 Å². The number of halogens is 1. The van der Waals surface area contributed by atoms with Crippen LogP contribution in [0.5, 0.6) is 0 Å². The quantitative estimate of drug-likeness (QED) is 0.363. The van der Waals surface area contributed by atoms with Crippen molar-refractivity contribution in [3.05, 3.63) is 33.4 Å². The lowest BCUT2D eigenvalue weighted by Crippen LogP contribution is -2.59. The van der Waals surface area contributed by atoms with E-state index in [1.54, 1.807) is 6.07 Å². The highest BCUT2D eigenvalue weighted by Crippen LogP contribution is 2.56. The molecule has 6 nitrogen and oxygen atoms in total. The Bertz CT molecular complexity index is 728. The van der Waals surface area contributed by atoms with Gasteiger partial charge in [0.25, 0.3) is 5.69 Å². The van der Waals surface area contributed by atoms with Gasteiger partial charge < -0.3 is 15.3 Å². The summed E-state index contributed by atoms with van der Waals surface area (Å²) in [7, 11) is 2.19. The molecule has 0 radical (unpaired) electrons. The minimum absolute atomic E-state index is 0.0190. The summed E-state index contributed by atoms with van der Waals surface area (Å²) in [5, 5.41) is 24.3. The lowest BCUT2D eigenvalue weighted by atomic mass is 9.52. The summed E-state index contributed by atoms with van der Waals surface area (Å²) in [6.07, 6.45) is 5.86. The SMILES string of the molecule is CN1CC[C@]23CCCC[C@H]2[C@H]1Cc1cc([N+](=O)[O-])c(NC(O)CCl)cc13. The van der Waals surface area contributed by atoms with Crippen LogP contribution in [0.2, 0.25) is 0 Å². The second kappa shape index (κ2) is 6.66. The number of nitro groups is 1. The smallest absolute Gasteiger partial charge is 0.292 e. The molecular weight excluding hydrogens is 354 g/mol. The summed E-state index contributed by atoms with van der Waals surface area (Å²) < 4.78 is 0. The van der Waals surface area contributed by atoms with Crippen LogP contribution in [0.1, 0.15) is 43.2 Å². The van der Waals surface area contributed by atoms with Crippen LogP contribution in [0.4, 0.5) is 11.4 Å². The van der Waals surface area contributed by atoms with Crippen molar-refractivity contribution in [3.63, 3.8) is 0 Å². The number of nitrogens with one attached hydrogen (secondary N) is 1. The van der Waals surface area contributed by atoms with Crippen LogP contribution in [0, 0.1) is 16.0 Å². The highest BCUT2D eigenvalue weighted by Gasteiger charge is 2.53. The van der Waals surface area contributed by atoms with E-state index in [0.717, 1.165) is 31.4 Å². The van der Waals surface area contributed by atoms with Crippen molar-refractivity contribution < 1.29 is 10.0 Å². The number of hydrogen-bond acceptors (Lipinski definition) is 5. The molecule has 1 unspecified atom stereocenters. The highest BCUT2D eigenvalue weighted by atomic mass is 35.5. The van der Waals surface area contributed by atoms with Crippen molar-refractivity contribution in [2.45, 2.75) is 56.2 Å². The molecular formula is C19H26ClN3O3. The number of aliphatic hydroxyl groups excluding tert-OH is 1. The van der Waals surface area contributed by atoms with Crippen LogP contribution in [-0.4, -0.2) is 46.7 Å². The van der Waals surface area contributed by atoms with Crippen LogP contribution in [0.3, 0.4) is 0 Å². The number of likely N-dealkylation sites (tertiary alicyclic amines) is 1. The first-order chi connectivity index (χ1) is 12.5. The number of rotatable bonds is 4. The maximum absolute atomic E-state index is 11.6. The topological polar surface area (TPSA) is 78.6 Å². The minimum atomic E-state index is -0.998. The minimum Gasteiger partial charge on any atom is -0.373 e. The van der Waals surface area contributed by atoms with E-state index in [2.05, 4.69) is 17.3 Å². The molecule has 2 aliphatic carbocycles. The summed E-state index contributed by atoms with van der Waals surface area (Å²) in [6.45, 7) is 1.07. The molecule has 0 amide bonds. The van der Waals surface area contributed by atoms with Gasteiger partial charge in [-0.05, 0) is 62.4 Å². The Kier molecular flexibility index (Phi) is 4.61. The van der Waals surface area contributed by atoms with E-state index < -0.39 is 6.23 Å². The third-order valence-corrected chi connectivity index (χ3v) is 7.18. The number of aliphatic hydroxyl groups is 1. The van der Waals surface area contributed by atoms with Crippen molar-refractivity contribution in [2.24, 2.45) is 5.92 Å². The molecule has 142 valence electrons. The van der Waals surface area contributed by atoms with Gasteiger partial charge in [-0.25, -0.2) is 0 Å². The number of likely N-dealkylation sites (N-methyl/N-ethyl adjacent to an activating group) is 1. The molecule has 7 heteroatoms. The molecule has 4 atom stereocenters. The van der Waals surface area contributed by atoms with Crippen molar-refractivity contribution >= 4 is 23.0 Å². The molecule has 0 aromatic heterocycles. The van der Waals surface area contributed by atoms with E-state index in [-0.39, 0.29) is 21.9 Å². The number of fused-ring (bicyclic) bond motifs is 1. The second-order valence-electron chi connectivity index (χ2n) is 8.11. The van der Waals surface area contributed by atoms with Gasteiger partial charge in [0.2, 0.25) is 0 Å². The molecule has 1 aliphatic heterocycles. The summed E-state index contributed by atoms with van der Waals surface area (Å²) in [4.78, 5) is 13.7. The third kappa shape index (κ3) is 2.70. The molecule has 0 spiro atoms. The highest BCUT2D eigenvalue weighted by molar-refractivity contribution is 6.18. The maximum atomic E-state index is 11.6. The van der Waals surface area contributed by atoms with Crippen molar-refractivity contribution in [3.8, 4) is 0 Å². The van der Waals surface area contributed by atoms with Gasteiger partial charge in [-0.15, -0.1) is 11.6 Å². The molecule has 1 heterocycles. The first-order valence-corrected chi connectivity index (χ1v) is 10.0. The molecule has 4 rings (SSSR count). The largest absolute Gasteiger partial charge is 0.373 e. The van der Waals surface area contributed by atoms with Gasteiger partial charge in [0.1, 0.15) is 11.9 Å². The molecule has 1 aromatic rings. The summed E-state index contributed by atoms with van der Waals surface area (Å²) in [6, 6.07) is 4.16. The predicted octanol–water partition coefficient (Wildman–Crippen LogP) is 3.25. The van der Waals surface area contributed by atoms with Crippen LogP contribution < -0.4 is 5.32 Å². The summed E-state index contributed by atoms with van der Waals surface area (Å²) in [5.74, 6) is 0.601. The van der Waals surface area contributed by atoms with Crippen LogP contribution in [0.25, 0.3) is 0 Å². The number of hydrogen-bond donors (Lipinski definition) is 2. The molecule has 2 fully saturated rings. The van der Waals surface area contributed by atoms with Gasteiger partial charge >= 0.3 is 0 Å². The average molecular weight is 380 g/mol. The van der Waals surface area contributed by atoms with Gasteiger partial charge in [0, 0.05) is 17.5 Å². The van der Waals surface area contributed by atoms with Crippen LogP contribution in [0.15, 0.2) is 12.1 Å². The first-order valence-electron chi connectivity index (χ1n) is 9.49. The Morgan fingerprint density at radius 3 is 3.00 bits per heavy atom. The van der Waals surface area contributed by atoms with Gasteiger partial charge in [-0.2, -0.15) is 0 Å². The molecule has 1 saturated carbocycles. The summed E-state index contributed by atoms with van der Waals surface area (Å²) >= 11 is 5.70. The van der Waals surface area contributed by atoms with Gasteiger partial charge in [0.15, 0.2) is 0 Å². The fourth-order valence-electron chi connectivity index (χ4n) is 5.73. The Balaban J connectivity index is 1.85. The normalized spacial score (nSPS) is 31.7. The van der Waals surface area contributed by atoms with Gasteiger partial charge in [-0.3, -0.25) is 10.1 Å². The molecule has 2 N–H and O–H groups in total. The number of benzene rings is 1. The van der Waals surface area contributed by atoms with Crippen LogP contribution >= 0.6 is 11.6 Å². The zero-order valence-electron chi connectivity index (χ0n) is 15.1. The van der Waals surface area contributed by atoms with Crippen molar-refractivity contribution in [2.75, 3.05) is 24.8 Å². The van der Waals surface area contributed by atoms with E-state index in [0.29, 0.717) is 17.6 Å². The number of piperidine rings is 1. The Morgan fingerprint density at radius 2 is 2.27 bits per heavy atom. The van der Waals surface area contributed by atoms with Gasteiger partial charge in [0.05, 0.1) is 10.8 Å². The molecule has 1 saturated heterocycles. The Hall–Kier alpha value is -1.37. The number of nitro benzene ring substituents is 1. The molecule has 3 aliphatic rings. The standard InChI is InChI=1S/C19H26ClN3O3/c1-22-7-6-19-5-3-2-4-13(19)16(22)8-12-9-17(23(25)26)15(10-14(12)19)21-18(24)11-20/h9-10,13,16,18,21,24H,2-8,11H2,1H3/t13-,16+,18?,19+/m0/s1. The van der Waals surface area contributed by atoms with E-state index in [1.165, 1.54) is 24.8 Å². The van der Waals surface area contributed by atoms with Gasteiger partial charge in [-0.1, -0.05) is 12.8 Å². The summed E-state index contributed by atoms with van der Waals surface area (Å²) in [5.41, 5.74) is 2.91. The number of alkyl halides is 1. The second-order valence-corrected chi connectivity index (χ2v) is 8.42. The fourth-order valence-corrected chi connectivity index (χ4v) is 5.80.